The maximum atomic E-state index is 12.0. The first-order valence-electron chi connectivity index (χ1n) is 6.03. The van der Waals surface area contributed by atoms with Crippen LogP contribution in [0.15, 0.2) is 40.0 Å². The lowest BCUT2D eigenvalue weighted by atomic mass is 10.2. The average Bonchev–Trinajstić information content (AvgIpc) is 2.32. The van der Waals surface area contributed by atoms with Crippen LogP contribution in [0.25, 0.3) is 0 Å². The zero-order valence-electron chi connectivity index (χ0n) is 10.4. The molecule has 0 N–H and O–H groups in total. The van der Waals surface area contributed by atoms with Crippen LogP contribution in [0.3, 0.4) is 0 Å². The van der Waals surface area contributed by atoms with E-state index in [1.54, 1.807) is 22.6 Å². The first-order chi connectivity index (χ1) is 8.97. The normalized spacial score (nSPS) is 12.7. The summed E-state index contributed by atoms with van der Waals surface area (Å²) in [4.78, 5) is 0. The Morgan fingerprint density at radius 3 is 2.47 bits per heavy atom. The summed E-state index contributed by atoms with van der Waals surface area (Å²) in [5, 5.41) is 0. The van der Waals surface area contributed by atoms with E-state index in [-0.39, 0.29) is 0 Å². The molecule has 0 fully saturated rings. The van der Waals surface area contributed by atoms with Crippen molar-refractivity contribution in [3.8, 4) is 0 Å². The van der Waals surface area contributed by atoms with Crippen molar-refractivity contribution in [2.75, 3.05) is 6.61 Å². The number of ether oxygens (including phenoxy) is 1. The molecule has 0 bridgehead atoms. The van der Waals surface area contributed by atoms with Gasteiger partial charge in [-0.1, -0.05) is 30.3 Å². The Morgan fingerprint density at radius 1 is 1.16 bits per heavy atom. The molecule has 106 valence electrons. The van der Waals surface area contributed by atoms with Crippen LogP contribution in [0.1, 0.15) is 24.8 Å². The third-order valence-corrected chi connectivity index (χ3v) is 3.24. The van der Waals surface area contributed by atoms with Gasteiger partial charge in [-0.25, -0.2) is 0 Å². The highest BCUT2D eigenvalue weighted by Crippen LogP contribution is 2.24. The molecule has 0 unspecified atom stereocenters. The van der Waals surface area contributed by atoms with Gasteiger partial charge in [0.2, 0.25) is 0 Å². The van der Waals surface area contributed by atoms with Crippen LogP contribution in [-0.2, 0) is 11.3 Å². The Bertz CT molecular complexity index is 387. The van der Waals surface area contributed by atoms with Crippen molar-refractivity contribution in [2.45, 2.75) is 32.0 Å². The van der Waals surface area contributed by atoms with Gasteiger partial charge in [-0.2, -0.15) is 13.2 Å². The van der Waals surface area contributed by atoms with E-state index < -0.39 is 6.18 Å². The molecule has 1 nitrogen and oxygen atoms in total. The lowest BCUT2D eigenvalue weighted by Crippen LogP contribution is -2.02. The van der Waals surface area contributed by atoms with Gasteiger partial charge in [0.15, 0.2) is 0 Å². The molecule has 0 radical (unpaired) electrons. The van der Waals surface area contributed by atoms with Crippen molar-refractivity contribution in [3.05, 3.63) is 45.6 Å². The Labute approximate surface area is 125 Å². The third kappa shape index (κ3) is 9.04. The number of allylic oxidation sites excluding steroid dienone is 2. The van der Waals surface area contributed by atoms with E-state index in [2.05, 4.69) is 0 Å². The van der Waals surface area contributed by atoms with Crippen LogP contribution < -0.4 is 0 Å². The molecule has 1 aromatic rings. The zero-order valence-corrected chi connectivity index (χ0v) is 12.6. The van der Waals surface area contributed by atoms with E-state index in [0.717, 1.165) is 12.0 Å². The van der Waals surface area contributed by atoms with E-state index >= 15 is 0 Å². The Morgan fingerprint density at radius 2 is 1.84 bits per heavy atom. The average molecular weight is 384 g/mol. The van der Waals surface area contributed by atoms with Crippen molar-refractivity contribution in [2.24, 2.45) is 0 Å². The summed E-state index contributed by atoms with van der Waals surface area (Å²) >= 11 is 1.74. The molecule has 0 aromatic heterocycles. The molecule has 19 heavy (non-hydrogen) atoms. The van der Waals surface area contributed by atoms with Gasteiger partial charge in [0.1, 0.15) is 0 Å². The van der Waals surface area contributed by atoms with Crippen molar-refractivity contribution in [1.82, 2.24) is 0 Å². The lowest BCUT2D eigenvalue weighted by molar-refractivity contribution is -0.0801. The van der Waals surface area contributed by atoms with E-state index in [0.29, 0.717) is 35.7 Å². The van der Waals surface area contributed by atoms with Gasteiger partial charge in [-0.15, -0.1) is 0 Å². The van der Waals surface area contributed by atoms with E-state index in [1.165, 1.54) is 0 Å². The Kier molecular flexibility index (Phi) is 7.45. The monoisotopic (exact) mass is 384 g/mol. The number of hydrogen-bond acceptors (Lipinski definition) is 1. The molecule has 1 rings (SSSR count). The molecule has 5 heteroatoms. The minimum atomic E-state index is -4.21. The highest BCUT2D eigenvalue weighted by Gasteiger charge is 2.23. The summed E-state index contributed by atoms with van der Waals surface area (Å²) in [6.45, 7) is 1.13. The summed E-state index contributed by atoms with van der Waals surface area (Å²) in [6, 6.07) is 9.80. The molecule has 0 heterocycles. The van der Waals surface area contributed by atoms with Crippen molar-refractivity contribution in [3.63, 3.8) is 0 Å². The smallest absolute Gasteiger partial charge is 0.377 e. The van der Waals surface area contributed by atoms with Crippen LogP contribution in [0, 0.1) is 0 Å². The summed E-state index contributed by atoms with van der Waals surface area (Å²) in [5.74, 6) is 0. The summed E-state index contributed by atoms with van der Waals surface area (Å²) < 4.78 is 41.9. The van der Waals surface area contributed by atoms with E-state index in [4.69, 9.17) is 4.74 Å². The number of benzene rings is 1. The maximum Gasteiger partial charge on any atom is 0.410 e. The fourth-order valence-electron chi connectivity index (χ4n) is 1.51. The quantitative estimate of drug-likeness (QED) is 0.461. The predicted octanol–water partition coefficient (Wildman–Crippen LogP) is 5.25. The van der Waals surface area contributed by atoms with Crippen LogP contribution >= 0.6 is 22.6 Å². The third-order valence-electron chi connectivity index (χ3n) is 2.39. The van der Waals surface area contributed by atoms with Gasteiger partial charge in [-0.3, -0.25) is 0 Å². The highest BCUT2D eigenvalue weighted by molar-refractivity contribution is 14.1. The number of hydrogen-bond donors (Lipinski definition) is 0. The molecule has 1 aromatic carbocycles. The van der Waals surface area contributed by atoms with Gasteiger partial charge in [-0.05, 0) is 51.0 Å². The molecular weight excluding hydrogens is 368 g/mol. The number of halogens is 4. The molecule has 0 aliphatic heterocycles. The molecular formula is C14H16F3IO. The fourth-order valence-corrected chi connectivity index (χ4v) is 2.25. The highest BCUT2D eigenvalue weighted by atomic mass is 127. The van der Waals surface area contributed by atoms with Gasteiger partial charge < -0.3 is 4.74 Å². The summed E-state index contributed by atoms with van der Waals surface area (Å²) in [5.41, 5.74) is 1.11. The zero-order chi connectivity index (χ0) is 14.1. The second-order valence-electron chi connectivity index (χ2n) is 4.13. The van der Waals surface area contributed by atoms with Gasteiger partial charge in [0.25, 0.3) is 0 Å². The van der Waals surface area contributed by atoms with Crippen molar-refractivity contribution in [1.29, 1.82) is 0 Å². The minimum Gasteiger partial charge on any atom is -0.377 e. The number of alkyl halides is 3. The summed E-state index contributed by atoms with van der Waals surface area (Å²) in [7, 11) is 0. The minimum absolute atomic E-state index is 0.341. The first-order valence-corrected chi connectivity index (χ1v) is 7.11. The van der Waals surface area contributed by atoms with E-state index in [1.807, 2.05) is 30.3 Å². The van der Waals surface area contributed by atoms with Gasteiger partial charge in [0, 0.05) is 12.7 Å². The van der Waals surface area contributed by atoms with Crippen LogP contribution in [0.4, 0.5) is 13.2 Å². The fraction of sp³-hybridized carbons (Fsp3) is 0.429. The first kappa shape index (κ1) is 16.5. The predicted molar refractivity (Wildman–Crippen MR) is 78.1 cm³/mol. The second-order valence-corrected chi connectivity index (χ2v) is 5.51. The standard InChI is InChI=1S/C14H16F3IO/c15-14(16,17)10-13(18)8-4-5-9-19-11-12-6-2-1-3-7-12/h1-3,6-7,10H,4-5,8-9,11H2/b13-10+. The topological polar surface area (TPSA) is 9.23 Å². The lowest BCUT2D eigenvalue weighted by Gasteiger charge is -2.05. The van der Waals surface area contributed by atoms with Gasteiger partial charge >= 0.3 is 6.18 Å². The summed E-state index contributed by atoms with van der Waals surface area (Å²) in [6.07, 6.45) is -1.92. The van der Waals surface area contributed by atoms with Crippen molar-refractivity contribution < 1.29 is 17.9 Å². The molecule has 0 spiro atoms. The molecule has 0 amide bonds. The molecule has 0 saturated heterocycles. The van der Waals surface area contributed by atoms with Gasteiger partial charge in [0.05, 0.1) is 6.61 Å². The largest absolute Gasteiger partial charge is 0.410 e. The number of rotatable bonds is 7. The second kappa shape index (κ2) is 8.58. The van der Waals surface area contributed by atoms with Crippen LogP contribution in [0.2, 0.25) is 0 Å². The van der Waals surface area contributed by atoms with Crippen molar-refractivity contribution >= 4 is 22.6 Å². The molecule has 0 aliphatic carbocycles. The maximum absolute atomic E-state index is 12.0. The molecule has 0 atom stereocenters. The van der Waals surface area contributed by atoms with E-state index in [9.17, 15) is 13.2 Å². The number of unbranched alkanes of at least 4 members (excludes halogenated alkanes) is 1. The Balaban J connectivity index is 2.07. The molecule has 0 aliphatic rings. The van der Waals surface area contributed by atoms with Crippen LogP contribution in [-0.4, -0.2) is 12.8 Å². The molecule has 0 saturated carbocycles. The van der Waals surface area contributed by atoms with Crippen LogP contribution in [0.5, 0.6) is 0 Å². The Hall–Kier alpha value is -0.560. The SMILES string of the molecule is FC(F)(F)/C=C(/I)CCCCOCc1ccccc1.